The number of fused-ring (bicyclic) bond motifs is 1. The minimum atomic E-state index is 0.491. The van der Waals surface area contributed by atoms with Gasteiger partial charge in [-0.2, -0.15) is 0 Å². The molecule has 0 nitrogen and oxygen atoms in total. The summed E-state index contributed by atoms with van der Waals surface area (Å²) in [5.41, 5.74) is 1.49. The minimum absolute atomic E-state index is 0.491. The molecule has 0 aromatic heterocycles. The second-order valence-corrected chi connectivity index (χ2v) is 10.4. The molecule has 7 atom stereocenters. The molecule has 6 unspecified atom stereocenters. The van der Waals surface area contributed by atoms with Crippen molar-refractivity contribution in [1.82, 2.24) is 0 Å². The van der Waals surface area contributed by atoms with Gasteiger partial charge in [-0.05, 0) is 59.2 Å². The van der Waals surface area contributed by atoms with Crippen LogP contribution >= 0.6 is 0 Å². The van der Waals surface area contributed by atoms with Crippen LogP contribution in [0, 0.1) is 39.9 Å². The van der Waals surface area contributed by atoms with Crippen LogP contribution in [0.3, 0.4) is 0 Å². The maximum Gasteiger partial charge on any atom is 0.110 e. The molecule has 0 aromatic carbocycles. The summed E-state index contributed by atoms with van der Waals surface area (Å²) in [6, 6.07) is 0. The Balaban J connectivity index is 2.53. The molecule has 0 spiro atoms. The summed E-state index contributed by atoms with van der Waals surface area (Å²) in [7, 11) is 2.51. The van der Waals surface area contributed by atoms with Gasteiger partial charge in [0.05, 0.1) is 0 Å². The zero-order valence-corrected chi connectivity index (χ0v) is 18.2. The van der Waals surface area contributed by atoms with E-state index in [-0.39, 0.29) is 0 Å². The summed E-state index contributed by atoms with van der Waals surface area (Å²) >= 11 is 0. The molecule has 0 aromatic rings. The summed E-state index contributed by atoms with van der Waals surface area (Å²) in [6.07, 6.45) is 8.32. The maximum absolute atomic E-state index is 2.71. The average molecular weight is 331 g/mol. The van der Waals surface area contributed by atoms with Gasteiger partial charge in [-0.1, -0.05) is 87.3 Å². The third-order valence-electron chi connectivity index (χ3n) is 9.24. The minimum Gasteiger partial charge on any atom is -0.0917 e. The van der Waals surface area contributed by atoms with Crippen molar-refractivity contribution < 1.29 is 0 Å². The molecule has 24 heavy (non-hydrogen) atoms. The molecule has 139 valence electrons. The van der Waals surface area contributed by atoms with E-state index in [1.54, 1.807) is 0 Å². The lowest BCUT2D eigenvalue weighted by atomic mass is 9.46. The van der Waals surface area contributed by atoms with Crippen LogP contribution in [-0.4, -0.2) is 7.28 Å². The van der Waals surface area contributed by atoms with E-state index in [0.29, 0.717) is 16.2 Å². The molecule has 0 amide bonds. The first-order valence-electron chi connectivity index (χ1n) is 10.9. The van der Waals surface area contributed by atoms with Crippen LogP contribution in [0.2, 0.25) is 12.6 Å². The molecule has 0 heterocycles. The Bertz CT molecular complexity index is 424. The smallest absolute Gasteiger partial charge is 0.0917 e. The molecule has 2 aliphatic rings. The van der Waals surface area contributed by atoms with Crippen LogP contribution in [-0.2, 0) is 0 Å². The highest BCUT2D eigenvalue weighted by molar-refractivity contribution is 6.35. The van der Waals surface area contributed by atoms with Crippen molar-refractivity contribution in [2.75, 3.05) is 0 Å². The van der Waals surface area contributed by atoms with Gasteiger partial charge in [0, 0.05) is 0 Å². The standard InChI is InChI=1S/C23H44B/c1-10-15-22(7,12-3)20-21(5,6)17-13-14-18(17)23(20,8)16(4)19(11-2)24-9/h16-20H,10-15H2,1-9H3/t16?,17?,18-,19?,20?,22?,23?/m0/s1. The third-order valence-corrected chi connectivity index (χ3v) is 9.24. The Hall–Kier alpha value is 0.0649. The molecule has 0 bridgehead atoms. The summed E-state index contributed by atoms with van der Waals surface area (Å²) in [6.45, 7) is 22.7. The van der Waals surface area contributed by atoms with E-state index in [9.17, 15) is 0 Å². The molecule has 0 aliphatic heterocycles. The molecule has 0 saturated heterocycles. The van der Waals surface area contributed by atoms with Crippen LogP contribution in [0.4, 0.5) is 0 Å². The largest absolute Gasteiger partial charge is 0.110 e. The van der Waals surface area contributed by atoms with E-state index in [1.165, 1.54) is 38.5 Å². The second-order valence-electron chi connectivity index (χ2n) is 10.4. The molecular weight excluding hydrogens is 287 g/mol. The molecule has 0 N–H and O–H groups in total. The topological polar surface area (TPSA) is 0 Å². The SMILES string of the molecule is C[B]C(CC)C(C)C1(C)C(C(C)(CC)CCC)C(C)(C)C2CC[C@@H]21. The van der Waals surface area contributed by atoms with E-state index >= 15 is 0 Å². The van der Waals surface area contributed by atoms with E-state index < -0.39 is 0 Å². The highest BCUT2D eigenvalue weighted by Gasteiger charge is 2.69. The van der Waals surface area contributed by atoms with Gasteiger partial charge in [-0.15, -0.1) is 0 Å². The Morgan fingerprint density at radius 2 is 1.67 bits per heavy atom. The number of hydrogen-bond donors (Lipinski definition) is 0. The fraction of sp³-hybridized carbons (Fsp3) is 1.00. The van der Waals surface area contributed by atoms with Gasteiger partial charge < -0.3 is 0 Å². The quantitative estimate of drug-likeness (QED) is 0.404. The highest BCUT2D eigenvalue weighted by Crippen LogP contribution is 2.75. The normalized spacial score (nSPS) is 39.5. The van der Waals surface area contributed by atoms with Gasteiger partial charge in [0.15, 0.2) is 0 Å². The van der Waals surface area contributed by atoms with E-state index in [1.807, 2.05) is 0 Å². The molecule has 1 radical (unpaired) electrons. The molecule has 2 aliphatic carbocycles. The first kappa shape index (κ1) is 20.4. The predicted octanol–water partition coefficient (Wildman–Crippen LogP) is 7.48. The summed E-state index contributed by atoms with van der Waals surface area (Å²) in [5.74, 6) is 4.35. The fourth-order valence-electron chi connectivity index (χ4n) is 8.05. The van der Waals surface area contributed by atoms with Gasteiger partial charge in [0.25, 0.3) is 0 Å². The maximum atomic E-state index is 2.71. The fourth-order valence-corrected chi connectivity index (χ4v) is 8.05. The Morgan fingerprint density at radius 1 is 1.08 bits per heavy atom. The number of hydrogen-bond acceptors (Lipinski definition) is 0. The van der Waals surface area contributed by atoms with Crippen LogP contribution in [0.25, 0.3) is 0 Å². The van der Waals surface area contributed by atoms with Crippen molar-refractivity contribution in [2.45, 2.75) is 107 Å². The second kappa shape index (κ2) is 7.00. The first-order valence-corrected chi connectivity index (χ1v) is 10.9. The Kier molecular flexibility index (Phi) is 5.94. The van der Waals surface area contributed by atoms with Crippen LogP contribution in [0.5, 0.6) is 0 Å². The molecule has 1 heteroatoms. The van der Waals surface area contributed by atoms with Gasteiger partial charge in [0.1, 0.15) is 7.28 Å². The summed E-state index contributed by atoms with van der Waals surface area (Å²) in [4.78, 5) is 0. The molecule has 2 saturated carbocycles. The molecule has 2 fully saturated rings. The van der Waals surface area contributed by atoms with Gasteiger partial charge in [0.2, 0.25) is 0 Å². The van der Waals surface area contributed by atoms with Crippen molar-refractivity contribution in [3.05, 3.63) is 0 Å². The predicted molar refractivity (Wildman–Crippen MR) is 110 cm³/mol. The van der Waals surface area contributed by atoms with E-state index in [2.05, 4.69) is 69.5 Å². The lowest BCUT2D eigenvalue weighted by Crippen LogP contribution is -2.48. The van der Waals surface area contributed by atoms with Crippen molar-refractivity contribution in [3.8, 4) is 0 Å². The first-order chi connectivity index (χ1) is 11.1. The monoisotopic (exact) mass is 331 g/mol. The summed E-state index contributed by atoms with van der Waals surface area (Å²) < 4.78 is 0. The number of rotatable bonds is 8. The van der Waals surface area contributed by atoms with Gasteiger partial charge in [-0.3, -0.25) is 0 Å². The van der Waals surface area contributed by atoms with Crippen molar-refractivity contribution >= 4 is 7.28 Å². The van der Waals surface area contributed by atoms with Crippen LogP contribution < -0.4 is 0 Å². The van der Waals surface area contributed by atoms with Crippen LogP contribution in [0.1, 0.15) is 93.9 Å². The van der Waals surface area contributed by atoms with E-state index in [0.717, 1.165) is 29.5 Å². The van der Waals surface area contributed by atoms with Gasteiger partial charge in [-0.25, -0.2) is 0 Å². The van der Waals surface area contributed by atoms with Gasteiger partial charge >= 0.3 is 0 Å². The highest BCUT2D eigenvalue weighted by atomic mass is 14.7. The van der Waals surface area contributed by atoms with Crippen LogP contribution in [0.15, 0.2) is 0 Å². The third kappa shape index (κ3) is 2.71. The average Bonchev–Trinajstić information content (AvgIpc) is 2.58. The lowest BCUT2D eigenvalue weighted by molar-refractivity contribution is -0.0481. The van der Waals surface area contributed by atoms with Crippen molar-refractivity contribution in [2.24, 2.45) is 39.9 Å². The van der Waals surface area contributed by atoms with Crippen molar-refractivity contribution in [1.29, 1.82) is 0 Å². The zero-order valence-electron chi connectivity index (χ0n) is 18.2. The van der Waals surface area contributed by atoms with E-state index in [4.69, 9.17) is 0 Å². The Labute approximate surface area is 154 Å². The molecule has 2 rings (SSSR count). The lowest BCUT2D eigenvalue weighted by Gasteiger charge is -2.54. The van der Waals surface area contributed by atoms with Crippen molar-refractivity contribution in [3.63, 3.8) is 0 Å². The summed E-state index contributed by atoms with van der Waals surface area (Å²) in [5, 5.41) is 0. The Morgan fingerprint density at radius 3 is 2.04 bits per heavy atom. The zero-order chi connectivity index (χ0) is 18.3. The molecular formula is C23H44B.